The number of hydrogen-bond donors (Lipinski definition) is 2. The average molecular weight is 471 g/mol. The molecule has 0 aliphatic rings. The molecule has 6 nitrogen and oxygen atoms in total. The van der Waals surface area contributed by atoms with Crippen LogP contribution < -0.4 is 15.0 Å². The van der Waals surface area contributed by atoms with E-state index in [0.717, 1.165) is 11.3 Å². The Kier molecular flexibility index (Phi) is 7.50. The van der Waals surface area contributed by atoms with Crippen molar-refractivity contribution >= 4 is 17.3 Å². The summed E-state index contributed by atoms with van der Waals surface area (Å²) in [4.78, 5) is 17.5. The lowest BCUT2D eigenvalue weighted by Gasteiger charge is -2.11. The van der Waals surface area contributed by atoms with Crippen LogP contribution in [0.1, 0.15) is 27.0 Å². The summed E-state index contributed by atoms with van der Waals surface area (Å²) < 4.78 is 24.2. The highest BCUT2D eigenvalue weighted by atomic mass is 19.1. The zero-order valence-electron chi connectivity index (χ0n) is 18.9. The number of ketones is 1. The molecule has 0 aliphatic heterocycles. The van der Waals surface area contributed by atoms with Crippen LogP contribution in [-0.2, 0) is 6.61 Å². The van der Waals surface area contributed by atoms with E-state index in [9.17, 15) is 14.4 Å². The van der Waals surface area contributed by atoms with Crippen molar-refractivity contribution in [1.82, 2.24) is 5.48 Å². The molecular formula is C28H23FN2O4. The molecule has 35 heavy (non-hydrogen) atoms. The van der Waals surface area contributed by atoms with Gasteiger partial charge in [-0.2, -0.15) is 0 Å². The standard InChI is InChI=1S/C28H23FN2O4/c1-34-23-14-6-19(7-15-23)18-35-24-16-12-22(13-17-24)30-28(31-33)26-5-3-2-4-25(26)27(32)20-8-10-21(29)11-9-20/h2-17,33H,18H2,1H3,(H,30,31). The SMILES string of the molecule is COc1ccc(COc2ccc(N=C(NO)c3ccccc3C(=O)c3ccc(F)cc3)cc2)cc1. The van der Waals surface area contributed by atoms with Gasteiger partial charge in [0.1, 0.15) is 23.9 Å². The van der Waals surface area contributed by atoms with E-state index in [-0.39, 0.29) is 11.6 Å². The maximum absolute atomic E-state index is 13.3. The van der Waals surface area contributed by atoms with Crippen LogP contribution in [0.15, 0.2) is 102 Å². The van der Waals surface area contributed by atoms with Crippen molar-refractivity contribution in [2.45, 2.75) is 6.61 Å². The van der Waals surface area contributed by atoms with E-state index in [1.165, 1.54) is 24.3 Å². The van der Waals surface area contributed by atoms with Crippen LogP contribution in [0.5, 0.6) is 11.5 Å². The van der Waals surface area contributed by atoms with E-state index < -0.39 is 5.82 Å². The number of nitrogens with one attached hydrogen (secondary N) is 1. The topological polar surface area (TPSA) is 80.2 Å². The lowest BCUT2D eigenvalue weighted by atomic mass is 9.97. The number of hydroxylamine groups is 1. The number of rotatable bonds is 8. The second-order valence-electron chi connectivity index (χ2n) is 7.58. The minimum Gasteiger partial charge on any atom is -0.497 e. The number of hydrogen-bond acceptors (Lipinski definition) is 5. The molecule has 0 spiro atoms. The first-order chi connectivity index (χ1) is 17.1. The summed E-state index contributed by atoms with van der Waals surface area (Å²) in [6.07, 6.45) is 0. The Morgan fingerprint density at radius 1 is 0.857 bits per heavy atom. The Morgan fingerprint density at radius 3 is 2.11 bits per heavy atom. The molecule has 176 valence electrons. The Labute approximate surface area is 202 Å². The molecule has 0 heterocycles. The number of carbonyl (C=O) groups is 1. The second-order valence-corrected chi connectivity index (χ2v) is 7.58. The van der Waals surface area contributed by atoms with Crippen LogP contribution in [0.25, 0.3) is 0 Å². The second kappa shape index (κ2) is 11.1. The Hall–Kier alpha value is -4.49. The summed E-state index contributed by atoms with van der Waals surface area (Å²) in [5, 5.41) is 9.78. The number of benzene rings is 4. The minimum absolute atomic E-state index is 0.1000. The molecule has 2 N–H and O–H groups in total. The maximum atomic E-state index is 13.3. The number of carbonyl (C=O) groups excluding carboxylic acids is 1. The third-order valence-electron chi connectivity index (χ3n) is 5.28. The van der Waals surface area contributed by atoms with Crippen molar-refractivity contribution in [3.63, 3.8) is 0 Å². The van der Waals surface area contributed by atoms with Crippen molar-refractivity contribution in [3.8, 4) is 11.5 Å². The number of nitrogens with zero attached hydrogens (tertiary/aromatic N) is 1. The Balaban J connectivity index is 1.51. The van der Waals surface area contributed by atoms with Crippen LogP contribution in [0.3, 0.4) is 0 Å². The molecular weight excluding hydrogens is 447 g/mol. The van der Waals surface area contributed by atoms with Gasteiger partial charge in [0, 0.05) is 16.7 Å². The van der Waals surface area contributed by atoms with E-state index in [1.807, 2.05) is 24.3 Å². The summed E-state index contributed by atoms with van der Waals surface area (Å²) in [5.41, 5.74) is 4.69. The van der Waals surface area contributed by atoms with E-state index in [1.54, 1.807) is 55.6 Å². The molecule has 0 fully saturated rings. The zero-order chi connectivity index (χ0) is 24.6. The maximum Gasteiger partial charge on any atom is 0.193 e. The van der Waals surface area contributed by atoms with Crippen LogP contribution in [0.2, 0.25) is 0 Å². The fourth-order valence-corrected chi connectivity index (χ4v) is 3.42. The first-order valence-electron chi connectivity index (χ1n) is 10.8. The van der Waals surface area contributed by atoms with Gasteiger partial charge in [-0.05, 0) is 66.2 Å². The molecule has 0 saturated heterocycles. The zero-order valence-corrected chi connectivity index (χ0v) is 18.9. The van der Waals surface area contributed by atoms with Gasteiger partial charge >= 0.3 is 0 Å². The van der Waals surface area contributed by atoms with Crippen molar-refractivity contribution in [1.29, 1.82) is 0 Å². The molecule has 7 heteroatoms. The van der Waals surface area contributed by atoms with Gasteiger partial charge in [-0.25, -0.2) is 9.38 Å². The van der Waals surface area contributed by atoms with Crippen molar-refractivity contribution in [2.24, 2.45) is 4.99 Å². The van der Waals surface area contributed by atoms with Gasteiger partial charge in [0.2, 0.25) is 0 Å². The normalized spacial score (nSPS) is 11.1. The molecule has 4 aromatic carbocycles. The first kappa shape index (κ1) is 23.7. The molecule has 0 aliphatic carbocycles. The minimum atomic E-state index is -0.425. The van der Waals surface area contributed by atoms with Crippen LogP contribution in [0, 0.1) is 5.82 Å². The smallest absolute Gasteiger partial charge is 0.193 e. The predicted molar refractivity (Wildman–Crippen MR) is 131 cm³/mol. The first-order valence-corrected chi connectivity index (χ1v) is 10.8. The molecule has 0 atom stereocenters. The third-order valence-corrected chi connectivity index (χ3v) is 5.28. The van der Waals surface area contributed by atoms with Crippen molar-refractivity contribution in [3.05, 3.63) is 125 Å². The number of ether oxygens (including phenoxy) is 2. The third kappa shape index (κ3) is 5.90. The summed E-state index contributed by atoms with van der Waals surface area (Å²) in [6, 6.07) is 26.7. The van der Waals surface area contributed by atoms with Gasteiger partial charge in [0.05, 0.1) is 12.8 Å². The molecule has 0 unspecified atom stereocenters. The molecule has 4 rings (SSSR count). The lowest BCUT2D eigenvalue weighted by Crippen LogP contribution is -2.23. The summed E-state index contributed by atoms with van der Waals surface area (Å²) in [5.74, 6) is 0.801. The van der Waals surface area contributed by atoms with Gasteiger partial charge in [-0.3, -0.25) is 15.5 Å². The highest BCUT2D eigenvalue weighted by Crippen LogP contribution is 2.22. The average Bonchev–Trinajstić information content (AvgIpc) is 2.91. The molecule has 0 radical (unpaired) electrons. The molecule has 0 bridgehead atoms. The van der Waals surface area contributed by atoms with Crippen LogP contribution in [-0.4, -0.2) is 23.9 Å². The van der Waals surface area contributed by atoms with Gasteiger partial charge in [0.15, 0.2) is 11.6 Å². The van der Waals surface area contributed by atoms with Gasteiger partial charge < -0.3 is 9.47 Å². The van der Waals surface area contributed by atoms with Gasteiger partial charge in [0.25, 0.3) is 0 Å². The Morgan fingerprint density at radius 2 is 1.49 bits per heavy atom. The lowest BCUT2D eigenvalue weighted by molar-refractivity contribution is 0.103. The van der Waals surface area contributed by atoms with Crippen LogP contribution in [0.4, 0.5) is 10.1 Å². The highest BCUT2D eigenvalue weighted by molar-refractivity contribution is 6.16. The number of amidine groups is 1. The Bertz CT molecular complexity index is 1320. The molecule has 0 amide bonds. The predicted octanol–water partition coefficient (Wildman–Crippen LogP) is 5.70. The highest BCUT2D eigenvalue weighted by Gasteiger charge is 2.17. The largest absolute Gasteiger partial charge is 0.497 e. The van der Waals surface area contributed by atoms with E-state index in [2.05, 4.69) is 10.5 Å². The van der Waals surface area contributed by atoms with Crippen LogP contribution >= 0.6 is 0 Å². The quantitative estimate of drug-likeness (QED) is 0.149. The van der Waals surface area contributed by atoms with Crippen molar-refractivity contribution in [2.75, 3.05) is 7.11 Å². The fourth-order valence-electron chi connectivity index (χ4n) is 3.42. The van der Waals surface area contributed by atoms with Crippen molar-refractivity contribution < 1.29 is 23.9 Å². The monoisotopic (exact) mass is 470 g/mol. The summed E-state index contributed by atoms with van der Waals surface area (Å²) >= 11 is 0. The molecule has 0 aromatic heterocycles. The van der Waals surface area contributed by atoms with E-state index in [0.29, 0.717) is 34.7 Å². The van der Waals surface area contributed by atoms with E-state index >= 15 is 0 Å². The summed E-state index contributed by atoms with van der Waals surface area (Å²) in [6.45, 7) is 0.398. The number of methoxy groups -OCH3 is 1. The molecule has 4 aromatic rings. The van der Waals surface area contributed by atoms with Gasteiger partial charge in [-0.1, -0.05) is 36.4 Å². The number of aliphatic imine (C=N–C) groups is 1. The van der Waals surface area contributed by atoms with E-state index in [4.69, 9.17) is 9.47 Å². The molecule has 0 saturated carbocycles. The fraction of sp³-hybridized carbons (Fsp3) is 0.0714. The van der Waals surface area contributed by atoms with Gasteiger partial charge in [-0.15, -0.1) is 0 Å². The summed E-state index contributed by atoms with van der Waals surface area (Å²) in [7, 11) is 1.62. The number of halogens is 1.